The Bertz CT molecular complexity index is 577. The van der Waals surface area contributed by atoms with Crippen molar-refractivity contribution in [1.82, 2.24) is 0 Å². The molecule has 0 aliphatic heterocycles. The van der Waals surface area contributed by atoms with Crippen molar-refractivity contribution in [2.45, 2.75) is 38.2 Å². The molecule has 0 radical (unpaired) electrons. The highest BCUT2D eigenvalue weighted by Crippen LogP contribution is 2.26. The molecule has 0 aromatic heterocycles. The van der Waals surface area contributed by atoms with Gasteiger partial charge in [0.15, 0.2) is 0 Å². The fourth-order valence-corrected chi connectivity index (χ4v) is 2.79. The molecule has 20 heavy (non-hydrogen) atoms. The molecule has 2 rings (SSSR count). The second-order valence-corrected chi connectivity index (χ2v) is 6.11. The smallest absolute Gasteiger partial charge is 0.0790 e. The third-order valence-electron chi connectivity index (χ3n) is 3.60. The number of hydrogen-bond donors (Lipinski definition) is 1. The van der Waals surface area contributed by atoms with Crippen LogP contribution in [0.4, 0.5) is 0 Å². The van der Waals surface area contributed by atoms with E-state index in [0.29, 0.717) is 0 Å². The summed E-state index contributed by atoms with van der Waals surface area (Å²) in [4.78, 5) is 0. The molecular weight excluding hydrogens is 312 g/mol. The van der Waals surface area contributed by atoms with Crippen LogP contribution < -0.4 is 0 Å². The van der Waals surface area contributed by atoms with E-state index in [4.69, 9.17) is 0 Å². The molecule has 0 bridgehead atoms. The third kappa shape index (κ3) is 4.19. The maximum atomic E-state index is 10.3. The average molecular weight is 333 g/mol. The minimum Gasteiger partial charge on any atom is -0.388 e. The Morgan fingerprint density at radius 3 is 2.60 bits per heavy atom. The third-order valence-corrected chi connectivity index (χ3v) is 4.09. The Hall–Kier alpha value is -1.12. The molecule has 2 heteroatoms. The fourth-order valence-electron chi connectivity index (χ4n) is 2.41. The zero-order valence-corrected chi connectivity index (χ0v) is 13.3. The molecule has 1 unspecified atom stereocenters. The number of halogens is 1. The van der Waals surface area contributed by atoms with E-state index >= 15 is 0 Å². The highest BCUT2D eigenvalue weighted by Gasteiger charge is 2.08. The van der Waals surface area contributed by atoms with Crippen LogP contribution in [0.2, 0.25) is 0 Å². The largest absolute Gasteiger partial charge is 0.388 e. The molecule has 2 aromatic rings. The van der Waals surface area contributed by atoms with Crippen molar-refractivity contribution in [3.8, 4) is 0 Å². The number of benzene rings is 2. The van der Waals surface area contributed by atoms with Gasteiger partial charge in [-0.2, -0.15) is 0 Å². The minimum atomic E-state index is -0.355. The number of rotatable bonds is 7. The molecule has 106 valence electrons. The number of hydrogen-bond acceptors (Lipinski definition) is 1. The molecule has 1 nitrogen and oxygen atoms in total. The van der Waals surface area contributed by atoms with E-state index < -0.39 is 0 Å². The summed E-state index contributed by atoms with van der Waals surface area (Å²) in [6, 6.07) is 12.4. The number of unbranched alkanes of at least 4 members (excludes halogenated alkanes) is 3. The monoisotopic (exact) mass is 332 g/mol. The standard InChI is InChI=1S/C18H21BrO/c1-2-3-4-5-6-7-18(20)16-9-8-15-13-17(19)11-10-14(15)12-16/h2,8-13,18,20H,1,3-7H2. The van der Waals surface area contributed by atoms with Crippen LogP contribution in [0.3, 0.4) is 0 Å². The predicted octanol–water partition coefficient (Wildman–Crippen LogP) is 5.77. The van der Waals surface area contributed by atoms with Crippen LogP contribution in [0, 0.1) is 0 Å². The number of fused-ring (bicyclic) bond motifs is 1. The lowest BCUT2D eigenvalue weighted by Gasteiger charge is -2.12. The zero-order valence-electron chi connectivity index (χ0n) is 11.7. The summed E-state index contributed by atoms with van der Waals surface area (Å²) in [5, 5.41) is 12.6. The first-order valence-electron chi connectivity index (χ1n) is 7.19. The Morgan fingerprint density at radius 2 is 1.80 bits per heavy atom. The molecule has 0 aliphatic carbocycles. The van der Waals surface area contributed by atoms with E-state index in [1.807, 2.05) is 18.2 Å². The summed E-state index contributed by atoms with van der Waals surface area (Å²) in [6.45, 7) is 3.72. The van der Waals surface area contributed by atoms with Crippen LogP contribution in [-0.4, -0.2) is 5.11 Å². The number of aliphatic hydroxyl groups is 1. The van der Waals surface area contributed by atoms with Crippen molar-refractivity contribution >= 4 is 26.7 Å². The van der Waals surface area contributed by atoms with E-state index in [1.54, 1.807) is 0 Å². The molecule has 0 heterocycles. The minimum absolute atomic E-state index is 0.355. The Kier molecular flexibility index (Phi) is 5.81. The van der Waals surface area contributed by atoms with Crippen LogP contribution in [-0.2, 0) is 0 Å². The number of aliphatic hydroxyl groups excluding tert-OH is 1. The van der Waals surface area contributed by atoms with Gasteiger partial charge in [-0.15, -0.1) is 6.58 Å². The molecule has 0 saturated carbocycles. The maximum absolute atomic E-state index is 10.3. The molecular formula is C18H21BrO. The molecule has 0 spiro atoms. The maximum Gasteiger partial charge on any atom is 0.0790 e. The van der Waals surface area contributed by atoms with Crippen LogP contribution in [0.5, 0.6) is 0 Å². The van der Waals surface area contributed by atoms with Gasteiger partial charge in [0.25, 0.3) is 0 Å². The van der Waals surface area contributed by atoms with Crippen LogP contribution in [0.15, 0.2) is 53.5 Å². The Morgan fingerprint density at radius 1 is 1.05 bits per heavy atom. The topological polar surface area (TPSA) is 20.2 Å². The van der Waals surface area contributed by atoms with Gasteiger partial charge >= 0.3 is 0 Å². The molecule has 0 fully saturated rings. The molecule has 0 aliphatic rings. The molecule has 2 aromatic carbocycles. The van der Waals surface area contributed by atoms with E-state index in [0.717, 1.165) is 35.7 Å². The summed E-state index contributed by atoms with van der Waals surface area (Å²) < 4.78 is 1.08. The van der Waals surface area contributed by atoms with Crippen molar-refractivity contribution < 1.29 is 5.11 Å². The van der Waals surface area contributed by atoms with E-state index in [9.17, 15) is 5.11 Å². The highest BCUT2D eigenvalue weighted by molar-refractivity contribution is 9.10. The summed E-state index contributed by atoms with van der Waals surface area (Å²) in [5.41, 5.74) is 1.02. The quantitative estimate of drug-likeness (QED) is 0.503. The van der Waals surface area contributed by atoms with Crippen LogP contribution >= 0.6 is 15.9 Å². The first-order valence-corrected chi connectivity index (χ1v) is 7.98. The molecule has 1 N–H and O–H groups in total. The summed E-state index contributed by atoms with van der Waals surface area (Å²) in [5.74, 6) is 0. The second kappa shape index (κ2) is 7.61. The van der Waals surface area contributed by atoms with Crippen LogP contribution in [0.25, 0.3) is 10.8 Å². The number of allylic oxidation sites excluding steroid dienone is 1. The predicted molar refractivity (Wildman–Crippen MR) is 89.9 cm³/mol. The Labute approximate surface area is 129 Å². The van der Waals surface area contributed by atoms with Gasteiger partial charge in [0.1, 0.15) is 0 Å². The zero-order chi connectivity index (χ0) is 14.4. The van der Waals surface area contributed by atoms with Gasteiger partial charge in [-0.05, 0) is 53.8 Å². The molecule has 1 atom stereocenters. The van der Waals surface area contributed by atoms with Gasteiger partial charge in [-0.25, -0.2) is 0 Å². The van der Waals surface area contributed by atoms with E-state index in [2.05, 4.69) is 46.8 Å². The van der Waals surface area contributed by atoms with Crippen molar-refractivity contribution in [2.75, 3.05) is 0 Å². The van der Waals surface area contributed by atoms with Crippen molar-refractivity contribution in [3.05, 3.63) is 59.1 Å². The summed E-state index contributed by atoms with van der Waals surface area (Å²) >= 11 is 3.48. The Balaban J connectivity index is 1.97. The van der Waals surface area contributed by atoms with E-state index in [1.165, 1.54) is 17.2 Å². The second-order valence-electron chi connectivity index (χ2n) is 5.19. The molecule has 0 saturated heterocycles. The normalized spacial score (nSPS) is 12.5. The summed E-state index contributed by atoms with van der Waals surface area (Å²) in [6.07, 6.45) is 6.89. The van der Waals surface area contributed by atoms with Gasteiger partial charge < -0.3 is 5.11 Å². The van der Waals surface area contributed by atoms with Gasteiger partial charge in [-0.1, -0.05) is 53.0 Å². The van der Waals surface area contributed by atoms with Gasteiger partial charge in [0.05, 0.1) is 6.10 Å². The van der Waals surface area contributed by atoms with Gasteiger partial charge in [0.2, 0.25) is 0 Å². The van der Waals surface area contributed by atoms with Gasteiger partial charge in [-0.3, -0.25) is 0 Å². The fraction of sp³-hybridized carbons (Fsp3) is 0.333. The molecule has 0 amide bonds. The lowest BCUT2D eigenvalue weighted by atomic mass is 9.99. The highest BCUT2D eigenvalue weighted by atomic mass is 79.9. The lowest BCUT2D eigenvalue weighted by molar-refractivity contribution is 0.163. The van der Waals surface area contributed by atoms with Crippen LogP contribution in [0.1, 0.15) is 43.8 Å². The SMILES string of the molecule is C=CCCCCCC(O)c1ccc2cc(Br)ccc2c1. The van der Waals surface area contributed by atoms with Gasteiger partial charge in [0, 0.05) is 4.47 Å². The average Bonchev–Trinajstić information content (AvgIpc) is 2.46. The van der Waals surface area contributed by atoms with Crippen molar-refractivity contribution in [3.63, 3.8) is 0 Å². The first-order chi connectivity index (χ1) is 9.70. The van der Waals surface area contributed by atoms with Crippen molar-refractivity contribution in [1.29, 1.82) is 0 Å². The van der Waals surface area contributed by atoms with E-state index in [-0.39, 0.29) is 6.10 Å². The first kappa shape index (κ1) is 15.3. The summed E-state index contributed by atoms with van der Waals surface area (Å²) in [7, 11) is 0. The van der Waals surface area contributed by atoms with Crippen molar-refractivity contribution in [2.24, 2.45) is 0 Å². The lowest BCUT2D eigenvalue weighted by Crippen LogP contribution is -1.97.